The standard InChI is InChI=1S/2C8H12N2O.4C6H9N3O/c1-5-6(2)10(4)7(3)9-8(5)11;1-5-6(2)9-8(11)10(4)7(5)3;1-4-7-6(10)8-5(2)9(4)3;1-4-7-5(2)9(3)6(10)8-4;1-4-6(10)7-5(2)9(3)8-4;1-4-5(2)8-9(3)6(10)7-4/h2*1-4H3;4*1-3H3. The summed E-state index contributed by atoms with van der Waals surface area (Å²) in [4.78, 5) is 95.2. The summed E-state index contributed by atoms with van der Waals surface area (Å²) in [5.41, 5.74) is 5.07. The van der Waals surface area contributed by atoms with Gasteiger partial charge in [-0.05, 0) is 102 Å². The topological polar surface area (TPSA) is 261 Å². The summed E-state index contributed by atoms with van der Waals surface area (Å²) in [6.45, 7) is 25.3. The Balaban J connectivity index is 0.000000372. The molecular weight excluding hydrogens is 801 g/mol. The Kier molecular flexibility index (Phi) is 19.8. The van der Waals surface area contributed by atoms with E-state index >= 15 is 0 Å². The molecule has 0 amide bonds. The average Bonchev–Trinajstić information content (AvgIpc) is 3.18. The van der Waals surface area contributed by atoms with E-state index in [4.69, 9.17) is 0 Å². The van der Waals surface area contributed by atoms with Crippen LogP contribution in [0.4, 0.5) is 0 Å². The highest BCUT2D eigenvalue weighted by atomic mass is 16.2. The Morgan fingerprint density at radius 2 is 0.758 bits per heavy atom. The molecule has 0 radical (unpaired) electrons. The lowest BCUT2D eigenvalue weighted by atomic mass is 10.2. The van der Waals surface area contributed by atoms with Crippen molar-refractivity contribution in [1.29, 1.82) is 0 Å². The van der Waals surface area contributed by atoms with Crippen LogP contribution in [0.2, 0.25) is 0 Å². The van der Waals surface area contributed by atoms with Crippen LogP contribution in [0, 0.1) is 96.9 Å². The van der Waals surface area contributed by atoms with Crippen LogP contribution in [0.3, 0.4) is 0 Å². The third-order valence-electron chi connectivity index (χ3n) is 9.80. The van der Waals surface area contributed by atoms with Crippen LogP contribution in [-0.2, 0) is 42.3 Å². The van der Waals surface area contributed by atoms with Gasteiger partial charge in [-0.1, -0.05) is 0 Å². The van der Waals surface area contributed by atoms with E-state index in [0.717, 1.165) is 39.7 Å². The molecule has 0 spiro atoms. The van der Waals surface area contributed by atoms with Crippen molar-refractivity contribution < 1.29 is 0 Å². The predicted molar refractivity (Wildman–Crippen MR) is 234 cm³/mol. The quantitative estimate of drug-likeness (QED) is 0.202. The molecule has 0 N–H and O–H groups in total. The molecule has 62 heavy (non-hydrogen) atoms. The van der Waals surface area contributed by atoms with Gasteiger partial charge in [-0.2, -0.15) is 45.1 Å². The molecule has 0 atom stereocenters. The van der Waals surface area contributed by atoms with Gasteiger partial charge in [0.2, 0.25) is 0 Å². The summed E-state index contributed by atoms with van der Waals surface area (Å²) in [5.74, 6) is 4.00. The van der Waals surface area contributed by atoms with Crippen molar-refractivity contribution in [2.45, 2.75) is 96.9 Å². The van der Waals surface area contributed by atoms with Gasteiger partial charge in [0.05, 0.1) is 11.4 Å². The number of aromatic nitrogens is 16. The lowest BCUT2D eigenvalue weighted by Gasteiger charge is -2.08. The van der Waals surface area contributed by atoms with Crippen LogP contribution >= 0.6 is 0 Å². The smallest absolute Gasteiger partial charge is 0.337 e. The molecule has 0 aliphatic rings. The average molecular weight is 861 g/mol. The first-order valence-electron chi connectivity index (χ1n) is 19.1. The SMILES string of the molecule is Cc1c(C)n(C)c(C)nc1=O.Cc1nc(=O)n(C)c(C)c1C.Cc1nc(=O)n(C)nc1C.Cc1nc(=O)nc(C)n1C.Cc1nc(C)n(C)c(=O)n1.Cc1nn(C)c(C)nc1=O. The monoisotopic (exact) mass is 860 g/mol. The molecular formula is C40H60N16O6. The van der Waals surface area contributed by atoms with Crippen molar-refractivity contribution in [2.75, 3.05) is 0 Å². The Hall–Kier alpha value is -7.00. The number of aryl methyl sites for hydroxylation is 12. The van der Waals surface area contributed by atoms with Gasteiger partial charge in [-0.25, -0.2) is 28.8 Å². The van der Waals surface area contributed by atoms with Crippen LogP contribution in [0.25, 0.3) is 0 Å². The van der Waals surface area contributed by atoms with Crippen molar-refractivity contribution in [1.82, 2.24) is 77.7 Å². The highest BCUT2D eigenvalue weighted by molar-refractivity contribution is 5.21. The van der Waals surface area contributed by atoms with Gasteiger partial charge < -0.3 is 9.13 Å². The molecule has 0 saturated heterocycles. The summed E-state index contributed by atoms with van der Waals surface area (Å²) < 4.78 is 9.45. The number of hydrogen-bond acceptors (Lipinski definition) is 16. The molecule has 0 aliphatic heterocycles. The predicted octanol–water partition coefficient (Wildman–Crippen LogP) is 0.580. The maximum atomic E-state index is 11.1. The Morgan fingerprint density at radius 1 is 0.323 bits per heavy atom. The Morgan fingerprint density at radius 3 is 1.26 bits per heavy atom. The van der Waals surface area contributed by atoms with Crippen molar-refractivity contribution in [3.05, 3.63) is 143 Å². The van der Waals surface area contributed by atoms with Crippen molar-refractivity contribution in [2.24, 2.45) is 42.3 Å². The van der Waals surface area contributed by atoms with Gasteiger partial charge in [-0.3, -0.25) is 23.4 Å². The molecule has 6 aromatic heterocycles. The first-order valence-corrected chi connectivity index (χ1v) is 19.1. The van der Waals surface area contributed by atoms with Crippen molar-refractivity contribution >= 4 is 0 Å². The third kappa shape index (κ3) is 15.2. The maximum Gasteiger partial charge on any atom is 0.370 e. The second-order valence-corrected chi connectivity index (χ2v) is 14.2. The fraction of sp³-hybridized carbons (Fsp3) is 0.500. The van der Waals surface area contributed by atoms with Gasteiger partial charge in [0.25, 0.3) is 11.1 Å². The molecule has 6 heterocycles. The lowest BCUT2D eigenvalue weighted by Crippen LogP contribution is -2.24. The summed E-state index contributed by atoms with van der Waals surface area (Å²) in [7, 11) is 10.5. The molecule has 0 aromatic carbocycles. The fourth-order valence-corrected chi connectivity index (χ4v) is 4.56. The number of nitrogens with zero attached hydrogens (tertiary/aromatic N) is 16. The second-order valence-electron chi connectivity index (χ2n) is 14.2. The molecule has 0 unspecified atom stereocenters. The van der Waals surface area contributed by atoms with Crippen LogP contribution in [-0.4, -0.2) is 77.7 Å². The normalized spacial score (nSPS) is 10.0. The van der Waals surface area contributed by atoms with E-state index in [2.05, 4.69) is 50.1 Å². The molecule has 0 saturated carbocycles. The van der Waals surface area contributed by atoms with Gasteiger partial charge >= 0.3 is 22.8 Å². The van der Waals surface area contributed by atoms with Crippen molar-refractivity contribution in [3.63, 3.8) is 0 Å². The molecule has 0 fully saturated rings. The molecule has 6 rings (SSSR count). The lowest BCUT2D eigenvalue weighted by molar-refractivity contribution is 0.650. The number of rotatable bonds is 0. The highest BCUT2D eigenvalue weighted by Gasteiger charge is 2.05. The van der Waals surface area contributed by atoms with E-state index in [0.29, 0.717) is 40.5 Å². The summed E-state index contributed by atoms with van der Waals surface area (Å²) in [5, 5.41) is 7.83. The van der Waals surface area contributed by atoms with Gasteiger partial charge in [0.1, 0.15) is 40.6 Å². The largest absolute Gasteiger partial charge is 0.370 e. The summed E-state index contributed by atoms with van der Waals surface area (Å²) >= 11 is 0. The zero-order chi connectivity index (χ0) is 48.1. The molecule has 0 aliphatic carbocycles. The minimum atomic E-state index is -0.409. The molecule has 6 aromatic rings. The molecule has 0 bridgehead atoms. The number of hydrogen-bond donors (Lipinski definition) is 0. The summed E-state index contributed by atoms with van der Waals surface area (Å²) in [6.07, 6.45) is 0. The first kappa shape index (κ1) is 53.0. The van der Waals surface area contributed by atoms with Gasteiger partial charge in [0, 0.05) is 64.9 Å². The van der Waals surface area contributed by atoms with Gasteiger partial charge in [-0.15, -0.1) is 0 Å². The van der Waals surface area contributed by atoms with Crippen LogP contribution in [0.1, 0.15) is 80.2 Å². The molecule has 22 nitrogen and oxygen atoms in total. The summed E-state index contributed by atoms with van der Waals surface area (Å²) in [6, 6.07) is 0. The second kappa shape index (κ2) is 23.1. The Bertz CT molecular complexity index is 2740. The minimum absolute atomic E-state index is 0.113. The fourth-order valence-electron chi connectivity index (χ4n) is 4.56. The van der Waals surface area contributed by atoms with E-state index < -0.39 is 5.69 Å². The third-order valence-corrected chi connectivity index (χ3v) is 9.80. The zero-order valence-electron chi connectivity index (χ0n) is 39.6. The minimum Gasteiger partial charge on any atom is -0.337 e. The molecule has 22 heteroatoms. The highest BCUT2D eigenvalue weighted by Crippen LogP contribution is 2.04. The zero-order valence-corrected chi connectivity index (χ0v) is 39.6. The van der Waals surface area contributed by atoms with Crippen LogP contribution in [0.5, 0.6) is 0 Å². The van der Waals surface area contributed by atoms with E-state index in [-0.39, 0.29) is 28.2 Å². The van der Waals surface area contributed by atoms with E-state index in [1.165, 1.54) is 9.25 Å². The van der Waals surface area contributed by atoms with Gasteiger partial charge in [0.15, 0.2) is 0 Å². The first-order chi connectivity index (χ1) is 28.5. The van der Waals surface area contributed by atoms with Crippen molar-refractivity contribution in [3.8, 4) is 0 Å². The Labute approximate surface area is 359 Å². The van der Waals surface area contributed by atoms with Crippen LogP contribution < -0.4 is 33.9 Å². The van der Waals surface area contributed by atoms with E-state index in [9.17, 15) is 28.8 Å². The van der Waals surface area contributed by atoms with E-state index in [1.54, 1.807) is 97.4 Å². The maximum absolute atomic E-state index is 11.1. The van der Waals surface area contributed by atoms with Crippen LogP contribution in [0.15, 0.2) is 28.8 Å². The molecule has 336 valence electrons. The van der Waals surface area contributed by atoms with E-state index in [1.807, 2.05) is 60.2 Å².